The molecular weight excluding hydrogens is 290 g/mol. The lowest BCUT2D eigenvalue weighted by molar-refractivity contribution is -0.127. The number of urea groups is 1. The molecule has 3 aliphatic rings. The maximum Gasteiger partial charge on any atom is 0.314 e. The van der Waals surface area contributed by atoms with Crippen LogP contribution in [0.1, 0.15) is 46.5 Å². The molecule has 2 atom stereocenters. The molecule has 0 spiro atoms. The van der Waals surface area contributed by atoms with Crippen LogP contribution in [0.25, 0.3) is 0 Å². The van der Waals surface area contributed by atoms with Crippen molar-refractivity contribution in [1.29, 1.82) is 0 Å². The van der Waals surface area contributed by atoms with E-state index in [9.17, 15) is 9.59 Å². The minimum atomic E-state index is -0.399. The summed E-state index contributed by atoms with van der Waals surface area (Å²) in [7, 11) is 0. The number of nitrogens with zero attached hydrogens (tertiary/aromatic N) is 2. The maximum absolute atomic E-state index is 12.5. The number of nitrogens with two attached hydrogens (primary N) is 1. The number of primary amides is 1. The van der Waals surface area contributed by atoms with Gasteiger partial charge in [-0.05, 0) is 41.6 Å². The summed E-state index contributed by atoms with van der Waals surface area (Å²) >= 11 is 0. The topological polar surface area (TPSA) is 66.6 Å². The zero-order valence-corrected chi connectivity index (χ0v) is 14.6. The van der Waals surface area contributed by atoms with Crippen molar-refractivity contribution in [1.82, 2.24) is 9.80 Å². The zero-order chi connectivity index (χ0) is 16.9. The number of carbonyl (C=O) groups excluding carboxylic acids is 2. The maximum atomic E-state index is 12.5. The third-order valence-electron chi connectivity index (χ3n) is 6.77. The average Bonchev–Trinajstić information content (AvgIpc) is 3.13. The fourth-order valence-corrected chi connectivity index (χ4v) is 5.03. The van der Waals surface area contributed by atoms with E-state index >= 15 is 0 Å². The Labute approximate surface area is 138 Å². The molecule has 2 unspecified atom stereocenters. The Kier molecular flexibility index (Phi) is 3.73. The summed E-state index contributed by atoms with van der Waals surface area (Å²) < 4.78 is 0. The Balaban J connectivity index is 1.65. The molecule has 128 valence electrons. The van der Waals surface area contributed by atoms with Gasteiger partial charge < -0.3 is 15.5 Å². The first kappa shape index (κ1) is 16.3. The predicted octanol–water partition coefficient (Wildman–Crippen LogP) is 2.37. The number of carbonyl (C=O) groups is 2. The molecule has 2 N–H and O–H groups in total. The number of hydrogen-bond acceptors (Lipinski definition) is 2. The van der Waals surface area contributed by atoms with Crippen molar-refractivity contribution in [3.63, 3.8) is 0 Å². The Morgan fingerprint density at radius 1 is 1.00 bits per heavy atom. The molecule has 23 heavy (non-hydrogen) atoms. The van der Waals surface area contributed by atoms with Crippen LogP contribution < -0.4 is 5.73 Å². The van der Waals surface area contributed by atoms with E-state index in [0.717, 1.165) is 0 Å². The molecule has 0 bridgehead atoms. The first-order chi connectivity index (χ1) is 10.7. The Morgan fingerprint density at radius 2 is 1.61 bits per heavy atom. The standard InChI is InChI=1S/C18H29N3O2/c1-16(2)6-4-7-17(3)13-18(16,17)8-5-14(22)20-9-11-21(12-10-20)15(19)23/h5,8H,4,6-7,9-13H2,1-3H3,(H2,19,23)/b8-5+. The zero-order valence-electron chi connectivity index (χ0n) is 14.6. The summed E-state index contributed by atoms with van der Waals surface area (Å²) in [5, 5.41) is 0. The highest BCUT2D eigenvalue weighted by Gasteiger charge is 2.70. The van der Waals surface area contributed by atoms with Crippen LogP contribution in [0.5, 0.6) is 0 Å². The number of allylic oxidation sites excluding steroid dienone is 1. The molecule has 1 aliphatic heterocycles. The molecule has 3 fully saturated rings. The molecule has 0 radical (unpaired) electrons. The van der Waals surface area contributed by atoms with Crippen molar-refractivity contribution in [3.8, 4) is 0 Å². The van der Waals surface area contributed by atoms with Gasteiger partial charge in [-0.1, -0.05) is 33.3 Å². The molecule has 5 heteroatoms. The molecule has 3 rings (SSSR count). The van der Waals surface area contributed by atoms with Crippen LogP contribution in [0, 0.1) is 16.2 Å². The van der Waals surface area contributed by atoms with Crippen LogP contribution in [0.4, 0.5) is 4.79 Å². The minimum Gasteiger partial charge on any atom is -0.351 e. The summed E-state index contributed by atoms with van der Waals surface area (Å²) in [6.45, 7) is 9.26. The predicted molar refractivity (Wildman–Crippen MR) is 89.7 cm³/mol. The van der Waals surface area contributed by atoms with Crippen LogP contribution in [0.15, 0.2) is 12.2 Å². The fraction of sp³-hybridized carbons (Fsp3) is 0.778. The van der Waals surface area contributed by atoms with E-state index in [1.54, 1.807) is 11.0 Å². The normalized spacial score (nSPS) is 36.0. The second kappa shape index (κ2) is 5.25. The molecule has 1 saturated heterocycles. The molecule has 0 aromatic rings. The lowest BCUT2D eigenvalue weighted by Gasteiger charge is -2.41. The van der Waals surface area contributed by atoms with Gasteiger partial charge in [0.25, 0.3) is 0 Å². The van der Waals surface area contributed by atoms with Gasteiger partial charge in [0.2, 0.25) is 5.91 Å². The summed E-state index contributed by atoms with van der Waals surface area (Å²) in [4.78, 5) is 27.1. The van der Waals surface area contributed by atoms with E-state index in [2.05, 4.69) is 26.8 Å². The van der Waals surface area contributed by atoms with Crippen molar-refractivity contribution in [2.75, 3.05) is 26.2 Å². The Morgan fingerprint density at radius 3 is 2.17 bits per heavy atom. The second-order valence-electron chi connectivity index (χ2n) is 8.43. The molecule has 0 aromatic heterocycles. The van der Waals surface area contributed by atoms with Crippen molar-refractivity contribution in [3.05, 3.63) is 12.2 Å². The smallest absolute Gasteiger partial charge is 0.314 e. The highest BCUT2D eigenvalue weighted by atomic mass is 16.2. The minimum absolute atomic E-state index is 0.0686. The molecule has 2 aliphatic carbocycles. The van der Waals surface area contributed by atoms with E-state index < -0.39 is 6.03 Å². The van der Waals surface area contributed by atoms with Gasteiger partial charge in [-0.15, -0.1) is 0 Å². The monoisotopic (exact) mass is 319 g/mol. The lowest BCUT2D eigenvalue weighted by atomic mass is 9.63. The molecule has 3 amide bonds. The fourth-order valence-electron chi connectivity index (χ4n) is 5.03. The van der Waals surface area contributed by atoms with Crippen LogP contribution in [-0.4, -0.2) is 47.9 Å². The number of rotatable bonds is 2. The molecule has 1 heterocycles. The van der Waals surface area contributed by atoms with Crippen molar-refractivity contribution in [2.45, 2.75) is 46.5 Å². The van der Waals surface area contributed by atoms with Gasteiger partial charge in [0.15, 0.2) is 0 Å². The third-order valence-corrected chi connectivity index (χ3v) is 6.77. The number of hydrogen-bond donors (Lipinski definition) is 1. The average molecular weight is 319 g/mol. The van der Waals surface area contributed by atoms with E-state index in [4.69, 9.17) is 5.73 Å². The first-order valence-corrected chi connectivity index (χ1v) is 8.73. The van der Waals surface area contributed by atoms with Crippen molar-refractivity contribution in [2.24, 2.45) is 22.0 Å². The molecular formula is C18H29N3O2. The second-order valence-corrected chi connectivity index (χ2v) is 8.43. The summed E-state index contributed by atoms with van der Waals surface area (Å²) in [6.07, 6.45) is 8.99. The Hall–Kier alpha value is -1.52. The van der Waals surface area contributed by atoms with Gasteiger partial charge >= 0.3 is 6.03 Å². The van der Waals surface area contributed by atoms with Gasteiger partial charge in [0, 0.05) is 26.2 Å². The Bertz CT molecular complexity index is 548. The van der Waals surface area contributed by atoms with Crippen LogP contribution >= 0.6 is 0 Å². The SMILES string of the molecule is CC1(C)CCCC2(C)CC12/C=C/C(=O)N1CCN(C(N)=O)CC1. The summed E-state index contributed by atoms with van der Waals surface area (Å²) in [5.41, 5.74) is 6.10. The van der Waals surface area contributed by atoms with Crippen LogP contribution in [0.2, 0.25) is 0 Å². The van der Waals surface area contributed by atoms with Gasteiger partial charge in [-0.3, -0.25) is 4.79 Å². The van der Waals surface area contributed by atoms with Crippen molar-refractivity contribution >= 4 is 11.9 Å². The molecule has 5 nitrogen and oxygen atoms in total. The van der Waals surface area contributed by atoms with Crippen LogP contribution in [0.3, 0.4) is 0 Å². The highest BCUT2D eigenvalue weighted by Crippen LogP contribution is 2.78. The number of piperazine rings is 1. The number of amides is 3. The first-order valence-electron chi connectivity index (χ1n) is 8.73. The van der Waals surface area contributed by atoms with E-state index in [1.807, 2.05) is 4.90 Å². The number of fused-ring (bicyclic) bond motifs is 1. The van der Waals surface area contributed by atoms with E-state index in [0.29, 0.717) is 31.6 Å². The summed E-state index contributed by atoms with van der Waals surface area (Å²) in [6, 6.07) is -0.399. The third kappa shape index (κ3) is 2.54. The highest BCUT2D eigenvalue weighted by molar-refractivity contribution is 5.88. The van der Waals surface area contributed by atoms with Crippen molar-refractivity contribution < 1.29 is 9.59 Å². The van der Waals surface area contributed by atoms with Gasteiger partial charge in [-0.2, -0.15) is 0 Å². The molecule has 2 saturated carbocycles. The van der Waals surface area contributed by atoms with E-state index in [-0.39, 0.29) is 16.7 Å². The summed E-state index contributed by atoms with van der Waals surface area (Å²) in [5.74, 6) is 0.0686. The van der Waals surface area contributed by atoms with Gasteiger partial charge in [0.05, 0.1) is 0 Å². The largest absolute Gasteiger partial charge is 0.351 e. The molecule has 0 aromatic carbocycles. The quantitative estimate of drug-likeness (QED) is 0.794. The van der Waals surface area contributed by atoms with Gasteiger partial charge in [-0.25, -0.2) is 4.79 Å². The van der Waals surface area contributed by atoms with Crippen LogP contribution in [-0.2, 0) is 4.79 Å². The lowest BCUT2D eigenvalue weighted by Crippen LogP contribution is -2.51. The van der Waals surface area contributed by atoms with E-state index in [1.165, 1.54) is 25.7 Å². The van der Waals surface area contributed by atoms with Gasteiger partial charge in [0.1, 0.15) is 0 Å².